The van der Waals surface area contributed by atoms with Crippen molar-refractivity contribution < 1.29 is 0 Å². The van der Waals surface area contributed by atoms with E-state index in [2.05, 4.69) is 87.9 Å². The summed E-state index contributed by atoms with van der Waals surface area (Å²) in [4.78, 5) is 0. The second kappa shape index (κ2) is 6.40. The molecule has 0 radical (unpaired) electrons. The zero-order chi connectivity index (χ0) is 13.1. The molecular formula is C15H13BrClI. The fourth-order valence-corrected chi connectivity index (χ4v) is 3.39. The van der Waals surface area contributed by atoms with Crippen molar-refractivity contribution in [3.8, 4) is 0 Å². The fraction of sp³-hybridized carbons (Fsp3) is 0.200. The van der Waals surface area contributed by atoms with Gasteiger partial charge in [-0.1, -0.05) is 46.3 Å². The lowest BCUT2D eigenvalue weighted by molar-refractivity contribution is 0.911. The third-order valence-electron chi connectivity index (χ3n) is 2.89. The van der Waals surface area contributed by atoms with E-state index < -0.39 is 0 Å². The van der Waals surface area contributed by atoms with E-state index in [-0.39, 0.29) is 5.38 Å². The number of hydrogen-bond acceptors (Lipinski definition) is 0. The minimum Gasteiger partial charge on any atom is -0.117 e. The van der Waals surface area contributed by atoms with Gasteiger partial charge < -0.3 is 0 Å². The van der Waals surface area contributed by atoms with Gasteiger partial charge in [0.15, 0.2) is 0 Å². The van der Waals surface area contributed by atoms with E-state index in [1.54, 1.807) is 0 Å². The van der Waals surface area contributed by atoms with Gasteiger partial charge >= 0.3 is 0 Å². The molecule has 0 N–H and O–H groups in total. The molecular weight excluding hydrogens is 422 g/mol. The Labute approximate surface area is 135 Å². The summed E-state index contributed by atoms with van der Waals surface area (Å²) in [7, 11) is 0. The monoisotopic (exact) mass is 434 g/mol. The first kappa shape index (κ1) is 14.4. The highest BCUT2D eigenvalue weighted by molar-refractivity contribution is 14.1. The maximum Gasteiger partial charge on any atom is 0.0636 e. The molecule has 94 valence electrons. The summed E-state index contributed by atoms with van der Waals surface area (Å²) >= 11 is 12.4. The Morgan fingerprint density at radius 2 is 1.83 bits per heavy atom. The van der Waals surface area contributed by atoms with Crippen LogP contribution in [0, 0.1) is 10.5 Å². The number of benzene rings is 2. The lowest BCUT2D eigenvalue weighted by atomic mass is 10.0. The van der Waals surface area contributed by atoms with E-state index in [0.29, 0.717) is 0 Å². The maximum absolute atomic E-state index is 6.54. The molecule has 2 aromatic carbocycles. The van der Waals surface area contributed by atoms with Crippen molar-refractivity contribution in [3.05, 3.63) is 67.2 Å². The van der Waals surface area contributed by atoms with Crippen LogP contribution in [0.2, 0.25) is 0 Å². The van der Waals surface area contributed by atoms with Crippen LogP contribution in [-0.4, -0.2) is 0 Å². The van der Waals surface area contributed by atoms with E-state index in [1.165, 1.54) is 20.3 Å². The molecule has 0 nitrogen and oxygen atoms in total. The van der Waals surface area contributed by atoms with Crippen molar-refractivity contribution in [1.82, 2.24) is 0 Å². The minimum atomic E-state index is 0.0259. The van der Waals surface area contributed by atoms with Crippen LogP contribution in [0.3, 0.4) is 0 Å². The molecule has 1 atom stereocenters. The van der Waals surface area contributed by atoms with Crippen LogP contribution in [0.5, 0.6) is 0 Å². The highest BCUT2D eigenvalue weighted by Gasteiger charge is 2.13. The average molecular weight is 436 g/mol. The third kappa shape index (κ3) is 3.49. The second-order valence-corrected chi connectivity index (χ2v) is 6.80. The molecule has 2 rings (SSSR count). The minimum absolute atomic E-state index is 0.0259. The van der Waals surface area contributed by atoms with Gasteiger partial charge in [-0.05, 0) is 64.8 Å². The zero-order valence-electron chi connectivity index (χ0n) is 9.96. The summed E-state index contributed by atoms with van der Waals surface area (Å²) < 4.78 is 2.37. The van der Waals surface area contributed by atoms with Crippen LogP contribution in [0.25, 0.3) is 0 Å². The molecule has 0 spiro atoms. The highest BCUT2D eigenvalue weighted by Crippen LogP contribution is 2.30. The molecule has 0 aromatic heterocycles. The standard InChI is InChI=1S/C15H13BrClI/c1-10-3-2-4-13(15(10)18)14(17)9-11-5-7-12(16)8-6-11/h2-8,14H,9H2,1H3. The largest absolute Gasteiger partial charge is 0.117 e. The molecule has 2 aromatic rings. The molecule has 0 bridgehead atoms. The molecule has 0 aliphatic carbocycles. The van der Waals surface area contributed by atoms with E-state index in [4.69, 9.17) is 11.6 Å². The first-order chi connectivity index (χ1) is 8.58. The number of hydrogen-bond donors (Lipinski definition) is 0. The van der Waals surface area contributed by atoms with Crippen molar-refractivity contribution in [2.24, 2.45) is 0 Å². The van der Waals surface area contributed by atoms with Crippen LogP contribution in [0.1, 0.15) is 22.1 Å². The summed E-state index contributed by atoms with van der Waals surface area (Å²) in [5.41, 5.74) is 3.77. The average Bonchev–Trinajstić information content (AvgIpc) is 2.35. The number of halogens is 3. The Morgan fingerprint density at radius 3 is 2.50 bits per heavy atom. The predicted molar refractivity (Wildman–Crippen MR) is 90.3 cm³/mol. The maximum atomic E-state index is 6.54. The Balaban J connectivity index is 2.19. The van der Waals surface area contributed by atoms with Gasteiger partial charge in [0.05, 0.1) is 5.38 Å². The van der Waals surface area contributed by atoms with Crippen LogP contribution in [0.4, 0.5) is 0 Å². The summed E-state index contributed by atoms with van der Waals surface area (Å²) in [5.74, 6) is 0. The molecule has 1 unspecified atom stereocenters. The van der Waals surface area contributed by atoms with Gasteiger partial charge in [0.2, 0.25) is 0 Å². The van der Waals surface area contributed by atoms with E-state index >= 15 is 0 Å². The Hall–Kier alpha value is -0.0600. The first-order valence-corrected chi connectivity index (χ1v) is 8.02. The lowest BCUT2D eigenvalue weighted by Crippen LogP contribution is -1.99. The summed E-state index contributed by atoms with van der Waals surface area (Å²) in [6, 6.07) is 14.6. The quantitative estimate of drug-likeness (QED) is 0.417. The van der Waals surface area contributed by atoms with Crippen LogP contribution in [-0.2, 0) is 6.42 Å². The van der Waals surface area contributed by atoms with Gasteiger partial charge in [0.1, 0.15) is 0 Å². The topological polar surface area (TPSA) is 0 Å². The number of alkyl halides is 1. The molecule has 0 fully saturated rings. The summed E-state index contributed by atoms with van der Waals surface area (Å²) in [5, 5.41) is 0.0259. The van der Waals surface area contributed by atoms with Gasteiger partial charge in [0, 0.05) is 8.04 Å². The fourth-order valence-electron chi connectivity index (χ4n) is 1.85. The first-order valence-electron chi connectivity index (χ1n) is 5.71. The van der Waals surface area contributed by atoms with Gasteiger partial charge in [-0.2, -0.15) is 0 Å². The smallest absolute Gasteiger partial charge is 0.0636 e. The normalized spacial score (nSPS) is 12.4. The van der Waals surface area contributed by atoms with Crippen LogP contribution >= 0.6 is 50.1 Å². The lowest BCUT2D eigenvalue weighted by Gasteiger charge is -2.13. The van der Waals surface area contributed by atoms with E-state index in [0.717, 1.165) is 10.9 Å². The zero-order valence-corrected chi connectivity index (χ0v) is 14.5. The molecule has 0 heterocycles. The summed E-state index contributed by atoms with van der Waals surface area (Å²) in [6.45, 7) is 2.12. The molecule has 0 aliphatic rings. The number of aryl methyl sites for hydroxylation is 1. The van der Waals surface area contributed by atoms with Gasteiger partial charge in [0.25, 0.3) is 0 Å². The second-order valence-electron chi connectivity index (χ2n) is 4.28. The molecule has 0 aliphatic heterocycles. The molecule has 0 amide bonds. The Kier molecular flexibility index (Phi) is 5.10. The van der Waals surface area contributed by atoms with Crippen LogP contribution < -0.4 is 0 Å². The number of rotatable bonds is 3. The predicted octanol–water partition coefficient (Wildman–Crippen LogP) is 5.88. The molecule has 0 saturated carbocycles. The van der Waals surface area contributed by atoms with E-state index in [9.17, 15) is 0 Å². The van der Waals surface area contributed by atoms with Crippen molar-refractivity contribution >= 4 is 50.1 Å². The van der Waals surface area contributed by atoms with Crippen molar-refractivity contribution in [3.63, 3.8) is 0 Å². The van der Waals surface area contributed by atoms with Crippen molar-refractivity contribution in [1.29, 1.82) is 0 Å². The Morgan fingerprint density at radius 1 is 1.17 bits per heavy atom. The van der Waals surface area contributed by atoms with E-state index in [1.807, 2.05) is 0 Å². The molecule has 18 heavy (non-hydrogen) atoms. The van der Waals surface area contributed by atoms with Gasteiger partial charge in [-0.15, -0.1) is 11.6 Å². The van der Waals surface area contributed by atoms with Crippen LogP contribution in [0.15, 0.2) is 46.9 Å². The third-order valence-corrected chi connectivity index (χ3v) is 5.28. The van der Waals surface area contributed by atoms with Crippen molar-refractivity contribution in [2.75, 3.05) is 0 Å². The Bertz CT molecular complexity index is 537. The van der Waals surface area contributed by atoms with Gasteiger partial charge in [-0.25, -0.2) is 0 Å². The molecule has 0 saturated heterocycles. The van der Waals surface area contributed by atoms with Crippen molar-refractivity contribution in [2.45, 2.75) is 18.7 Å². The summed E-state index contributed by atoms with van der Waals surface area (Å²) in [6.07, 6.45) is 0.855. The van der Waals surface area contributed by atoms with Gasteiger partial charge in [-0.3, -0.25) is 0 Å². The SMILES string of the molecule is Cc1cccc(C(Cl)Cc2ccc(Br)cc2)c1I. The highest BCUT2D eigenvalue weighted by atomic mass is 127. The molecule has 3 heteroatoms.